The van der Waals surface area contributed by atoms with Gasteiger partial charge < -0.3 is 9.84 Å². The lowest BCUT2D eigenvalue weighted by molar-refractivity contribution is 0.124. The Morgan fingerprint density at radius 1 is 0.806 bits per heavy atom. The van der Waals surface area contributed by atoms with Crippen molar-refractivity contribution in [1.82, 2.24) is 0 Å². The molecule has 2 aromatic carbocycles. The molecular formula is C26H29F3O2. The predicted molar refractivity (Wildman–Crippen MR) is 114 cm³/mol. The number of benzene rings is 2. The third-order valence-electron chi connectivity index (χ3n) is 7.93. The van der Waals surface area contributed by atoms with E-state index in [1.54, 1.807) is 12.1 Å². The summed E-state index contributed by atoms with van der Waals surface area (Å²) in [5.74, 6) is -0.917. The van der Waals surface area contributed by atoms with E-state index in [1.807, 2.05) is 0 Å². The minimum absolute atomic E-state index is 0.0409. The number of halogens is 3. The van der Waals surface area contributed by atoms with Crippen molar-refractivity contribution in [3.63, 3.8) is 0 Å². The van der Waals surface area contributed by atoms with Crippen LogP contribution in [-0.4, -0.2) is 11.7 Å². The molecule has 0 radical (unpaired) electrons. The molecule has 0 amide bonds. The highest BCUT2D eigenvalue weighted by Gasteiger charge is 2.35. The zero-order chi connectivity index (χ0) is 21.7. The van der Waals surface area contributed by atoms with Crippen molar-refractivity contribution in [2.24, 2.45) is 23.7 Å². The number of rotatable bonds is 4. The molecule has 3 aliphatic carbocycles. The average Bonchev–Trinajstić information content (AvgIpc) is 2.77. The van der Waals surface area contributed by atoms with Crippen molar-refractivity contribution in [3.05, 3.63) is 35.7 Å². The predicted octanol–water partition coefficient (Wildman–Crippen LogP) is 7.47. The standard InChI is InChI=1S/C26H29F3O2/c1-14-2-6-16(7-3-14)17-8-4-15(5-9-17)13-31-21-11-10-18-19-12-20(30)24(27)26(29)23(19)22(18)25(21)28/h10-12,14-17,30H,2-9,13H2,1H3. The molecule has 1 N–H and O–H groups in total. The summed E-state index contributed by atoms with van der Waals surface area (Å²) in [5.41, 5.74) is 0.721. The van der Waals surface area contributed by atoms with Crippen LogP contribution >= 0.6 is 0 Å². The average molecular weight is 431 g/mol. The van der Waals surface area contributed by atoms with Gasteiger partial charge in [-0.25, -0.2) is 8.78 Å². The maximum Gasteiger partial charge on any atom is 0.201 e. The van der Waals surface area contributed by atoms with Crippen LogP contribution in [0.3, 0.4) is 0 Å². The Morgan fingerprint density at radius 3 is 2.10 bits per heavy atom. The van der Waals surface area contributed by atoms with Gasteiger partial charge in [-0.1, -0.05) is 19.8 Å². The van der Waals surface area contributed by atoms with Crippen molar-refractivity contribution in [2.75, 3.05) is 6.61 Å². The monoisotopic (exact) mass is 430 g/mol. The molecule has 5 heteroatoms. The maximum absolute atomic E-state index is 15.0. The minimum Gasteiger partial charge on any atom is -0.505 e. The van der Waals surface area contributed by atoms with Gasteiger partial charge in [0.25, 0.3) is 0 Å². The van der Waals surface area contributed by atoms with Crippen molar-refractivity contribution in [3.8, 4) is 33.8 Å². The highest BCUT2D eigenvalue weighted by Crippen LogP contribution is 2.53. The smallest absolute Gasteiger partial charge is 0.201 e. The van der Waals surface area contributed by atoms with Crippen molar-refractivity contribution in [2.45, 2.75) is 58.3 Å². The van der Waals surface area contributed by atoms with Crippen molar-refractivity contribution < 1.29 is 23.0 Å². The second-order valence-electron chi connectivity index (χ2n) is 9.86. The van der Waals surface area contributed by atoms with E-state index in [0.717, 1.165) is 36.7 Å². The Bertz CT molecular complexity index is 987. The first-order chi connectivity index (χ1) is 14.9. The molecule has 0 unspecified atom stereocenters. The number of phenols is 1. The molecule has 166 valence electrons. The fourth-order valence-corrected chi connectivity index (χ4v) is 5.94. The second kappa shape index (κ2) is 8.07. The van der Waals surface area contributed by atoms with Gasteiger partial charge in [0.05, 0.1) is 6.61 Å². The van der Waals surface area contributed by atoms with Gasteiger partial charge in [-0.15, -0.1) is 0 Å². The Kier molecular flexibility index (Phi) is 5.39. The van der Waals surface area contributed by atoms with Crippen LogP contribution < -0.4 is 4.74 Å². The Balaban J connectivity index is 1.21. The summed E-state index contributed by atoms with van der Waals surface area (Å²) < 4.78 is 48.8. The zero-order valence-corrected chi connectivity index (χ0v) is 17.9. The van der Waals surface area contributed by atoms with Crippen LogP contribution in [0, 0.1) is 41.1 Å². The molecule has 2 saturated carbocycles. The second-order valence-corrected chi connectivity index (χ2v) is 9.86. The lowest BCUT2D eigenvalue weighted by Gasteiger charge is -2.37. The molecule has 3 aliphatic rings. The van der Waals surface area contributed by atoms with Gasteiger partial charge in [-0.3, -0.25) is 0 Å². The Morgan fingerprint density at radius 2 is 1.42 bits per heavy atom. The summed E-state index contributed by atoms with van der Waals surface area (Å²) in [6.45, 7) is 2.80. The summed E-state index contributed by atoms with van der Waals surface area (Å²) in [5, 5.41) is 9.50. The third kappa shape index (κ3) is 3.60. The highest BCUT2D eigenvalue weighted by atomic mass is 19.2. The first-order valence-corrected chi connectivity index (χ1v) is 11.6. The first-order valence-electron chi connectivity index (χ1n) is 11.6. The topological polar surface area (TPSA) is 29.5 Å². The number of hydrogen-bond donors (Lipinski definition) is 1. The van der Waals surface area contributed by atoms with Crippen LogP contribution in [0.15, 0.2) is 18.2 Å². The van der Waals surface area contributed by atoms with Gasteiger partial charge in [-0.2, -0.15) is 4.39 Å². The van der Waals surface area contributed by atoms with Gasteiger partial charge >= 0.3 is 0 Å². The van der Waals surface area contributed by atoms with E-state index in [9.17, 15) is 13.9 Å². The van der Waals surface area contributed by atoms with E-state index >= 15 is 4.39 Å². The molecule has 0 spiro atoms. The molecular weight excluding hydrogens is 401 g/mol. The third-order valence-corrected chi connectivity index (χ3v) is 7.93. The van der Waals surface area contributed by atoms with Gasteiger partial charge in [0, 0.05) is 11.1 Å². The number of aromatic hydroxyl groups is 1. The summed E-state index contributed by atoms with van der Waals surface area (Å²) in [6.07, 6.45) is 10.1. The summed E-state index contributed by atoms with van der Waals surface area (Å²) >= 11 is 0. The van der Waals surface area contributed by atoms with Gasteiger partial charge in [0.2, 0.25) is 5.82 Å². The molecule has 0 heterocycles. The summed E-state index contributed by atoms with van der Waals surface area (Å²) in [4.78, 5) is 0. The molecule has 31 heavy (non-hydrogen) atoms. The molecule has 0 atom stereocenters. The fourth-order valence-electron chi connectivity index (χ4n) is 5.94. The largest absolute Gasteiger partial charge is 0.505 e. The maximum atomic E-state index is 15.0. The van der Waals surface area contributed by atoms with Crippen molar-refractivity contribution >= 4 is 0 Å². The van der Waals surface area contributed by atoms with Gasteiger partial charge in [0.1, 0.15) is 0 Å². The number of fused-ring (bicyclic) bond motifs is 4. The zero-order valence-electron chi connectivity index (χ0n) is 17.9. The molecule has 5 rings (SSSR count). The van der Waals surface area contributed by atoms with E-state index in [4.69, 9.17) is 4.74 Å². The van der Waals surface area contributed by atoms with E-state index in [1.165, 1.54) is 38.5 Å². The van der Waals surface area contributed by atoms with Crippen LogP contribution in [-0.2, 0) is 0 Å². The van der Waals surface area contributed by atoms with Crippen LogP contribution in [0.5, 0.6) is 11.5 Å². The number of phenolic OH excluding ortho intramolecular Hbond substituents is 1. The molecule has 2 aromatic rings. The van der Waals surface area contributed by atoms with Crippen LogP contribution in [0.4, 0.5) is 13.2 Å². The summed E-state index contributed by atoms with van der Waals surface area (Å²) in [6, 6.07) is 4.33. The Labute approximate surface area is 181 Å². The van der Waals surface area contributed by atoms with Gasteiger partial charge in [0.15, 0.2) is 23.1 Å². The normalized spacial score (nSPS) is 27.2. The van der Waals surface area contributed by atoms with E-state index < -0.39 is 23.2 Å². The molecule has 0 aromatic heterocycles. The van der Waals surface area contributed by atoms with Crippen LogP contribution in [0.1, 0.15) is 58.3 Å². The van der Waals surface area contributed by atoms with E-state index in [0.29, 0.717) is 23.7 Å². The van der Waals surface area contributed by atoms with Crippen LogP contribution in [0.2, 0.25) is 0 Å². The van der Waals surface area contributed by atoms with Gasteiger partial charge in [-0.05, 0) is 91.5 Å². The van der Waals surface area contributed by atoms with Crippen molar-refractivity contribution in [1.29, 1.82) is 0 Å². The first kappa shape index (κ1) is 20.7. The Hall–Kier alpha value is -2.17. The molecule has 2 fully saturated rings. The summed E-state index contributed by atoms with van der Waals surface area (Å²) in [7, 11) is 0. The minimum atomic E-state index is -1.35. The van der Waals surface area contributed by atoms with E-state index in [-0.39, 0.29) is 16.9 Å². The lowest BCUT2D eigenvalue weighted by Crippen LogP contribution is -2.27. The van der Waals surface area contributed by atoms with Crippen LogP contribution in [0.25, 0.3) is 22.3 Å². The lowest BCUT2D eigenvalue weighted by atomic mass is 9.69. The van der Waals surface area contributed by atoms with E-state index in [2.05, 4.69) is 6.92 Å². The molecule has 0 saturated heterocycles. The number of hydrogen-bond acceptors (Lipinski definition) is 2. The highest BCUT2D eigenvalue weighted by molar-refractivity contribution is 6.04. The molecule has 0 bridgehead atoms. The molecule has 2 nitrogen and oxygen atoms in total. The quantitative estimate of drug-likeness (QED) is 0.465. The molecule has 0 aliphatic heterocycles. The fraction of sp³-hybridized carbons (Fsp3) is 0.538. The SMILES string of the molecule is CC1CCC(C2CCC(COc3ccc4c(c3F)-c3c-4cc(O)c(F)c3F)CC2)CC1. The number of ether oxygens (including phenoxy) is 1.